The Morgan fingerprint density at radius 3 is 2.94 bits per heavy atom. The number of anilines is 1. The summed E-state index contributed by atoms with van der Waals surface area (Å²) >= 11 is 0. The van der Waals surface area contributed by atoms with E-state index in [0.29, 0.717) is 6.54 Å². The Labute approximate surface area is 94.2 Å². The summed E-state index contributed by atoms with van der Waals surface area (Å²) in [6.07, 6.45) is 9.34. The van der Waals surface area contributed by atoms with Crippen LogP contribution in [0.5, 0.6) is 0 Å². The van der Waals surface area contributed by atoms with Gasteiger partial charge in [0.1, 0.15) is 5.82 Å². The van der Waals surface area contributed by atoms with Crippen LogP contribution in [-0.4, -0.2) is 29.7 Å². The molecular weight excluding hydrogens is 204 g/mol. The molecule has 0 atom stereocenters. The maximum Gasteiger partial charge on any atom is 0.328 e. The minimum atomic E-state index is -0.978. The fourth-order valence-corrected chi connectivity index (χ4v) is 1.11. The predicted molar refractivity (Wildman–Crippen MR) is 63.0 cm³/mol. The second-order valence-electron chi connectivity index (χ2n) is 3.18. The lowest BCUT2D eigenvalue weighted by atomic mass is 10.2. The van der Waals surface area contributed by atoms with Crippen molar-refractivity contribution < 1.29 is 9.90 Å². The van der Waals surface area contributed by atoms with E-state index >= 15 is 0 Å². The average molecular weight is 216 g/mol. The normalized spacial score (nSPS) is 10.0. The lowest BCUT2D eigenvalue weighted by Gasteiger charge is -2.14. The van der Waals surface area contributed by atoms with Crippen LogP contribution in [0, 0.1) is 12.3 Å². The van der Waals surface area contributed by atoms with Crippen molar-refractivity contribution in [1.82, 2.24) is 4.98 Å². The second-order valence-corrected chi connectivity index (χ2v) is 3.18. The van der Waals surface area contributed by atoms with Gasteiger partial charge in [-0.25, -0.2) is 9.78 Å². The van der Waals surface area contributed by atoms with Crippen molar-refractivity contribution in [3.63, 3.8) is 0 Å². The smallest absolute Gasteiger partial charge is 0.328 e. The largest absolute Gasteiger partial charge is 0.478 e. The number of carbonyl (C=O) groups is 1. The summed E-state index contributed by atoms with van der Waals surface area (Å²) in [4.78, 5) is 16.3. The van der Waals surface area contributed by atoms with Gasteiger partial charge in [-0.1, -0.05) is 5.92 Å². The summed E-state index contributed by atoms with van der Waals surface area (Å²) in [5.74, 6) is 2.29. The quantitative estimate of drug-likeness (QED) is 0.608. The van der Waals surface area contributed by atoms with Gasteiger partial charge in [0.15, 0.2) is 0 Å². The summed E-state index contributed by atoms with van der Waals surface area (Å²) in [5.41, 5.74) is 0.736. The molecule has 0 aliphatic heterocycles. The molecule has 0 aromatic carbocycles. The number of hydrogen-bond acceptors (Lipinski definition) is 3. The van der Waals surface area contributed by atoms with Crippen LogP contribution in [0.3, 0.4) is 0 Å². The SMILES string of the molecule is C#CCN(C)c1ccc(/C=C/C(=O)O)cn1. The lowest BCUT2D eigenvalue weighted by Crippen LogP contribution is -2.18. The summed E-state index contributed by atoms with van der Waals surface area (Å²) in [5, 5.41) is 8.45. The van der Waals surface area contributed by atoms with Gasteiger partial charge in [0.05, 0.1) is 6.54 Å². The highest BCUT2D eigenvalue weighted by Crippen LogP contribution is 2.09. The highest BCUT2D eigenvalue weighted by atomic mass is 16.4. The first-order chi connectivity index (χ1) is 7.63. The van der Waals surface area contributed by atoms with Crippen molar-refractivity contribution in [3.05, 3.63) is 30.0 Å². The number of hydrogen-bond donors (Lipinski definition) is 1. The molecular formula is C12H12N2O2. The standard InChI is InChI=1S/C12H12N2O2/c1-3-8-14(2)11-6-4-10(9-13-11)5-7-12(15)16/h1,4-7,9H,8H2,2H3,(H,15,16)/b7-5+. The predicted octanol–water partition coefficient (Wildman–Crippen LogP) is 1.25. The van der Waals surface area contributed by atoms with E-state index in [1.165, 1.54) is 6.08 Å². The molecule has 0 spiro atoms. The number of aliphatic carboxylic acids is 1. The van der Waals surface area contributed by atoms with Gasteiger partial charge in [-0.15, -0.1) is 6.42 Å². The fourth-order valence-electron chi connectivity index (χ4n) is 1.11. The van der Waals surface area contributed by atoms with Gasteiger partial charge in [0.2, 0.25) is 0 Å². The van der Waals surface area contributed by atoms with Crippen molar-refractivity contribution in [2.45, 2.75) is 0 Å². The molecule has 1 aromatic rings. The molecule has 82 valence electrons. The fraction of sp³-hybridized carbons (Fsp3) is 0.167. The highest BCUT2D eigenvalue weighted by Gasteiger charge is 1.99. The third-order valence-electron chi connectivity index (χ3n) is 1.91. The number of carboxylic acid groups (broad SMARTS) is 1. The Hall–Kier alpha value is -2.28. The number of terminal acetylenes is 1. The van der Waals surface area contributed by atoms with Gasteiger partial charge in [0.25, 0.3) is 0 Å². The second kappa shape index (κ2) is 5.56. The Morgan fingerprint density at radius 2 is 2.44 bits per heavy atom. The van der Waals surface area contributed by atoms with E-state index in [2.05, 4.69) is 10.9 Å². The van der Waals surface area contributed by atoms with Crippen molar-refractivity contribution in [2.24, 2.45) is 0 Å². The zero-order valence-electron chi connectivity index (χ0n) is 8.92. The molecule has 16 heavy (non-hydrogen) atoms. The molecule has 0 saturated carbocycles. The number of carboxylic acids is 1. The third-order valence-corrected chi connectivity index (χ3v) is 1.91. The molecule has 0 radical (unpaired) electrons. The van der Waals surface area contributed by atoms with Crippen LogP contribution in [0.2, 0.25) is 0 Å². The van der Waals surface area contributed by atoms with Crippen LogP contribution >= 0.6 is 0 Å². The van der Waals surface area contributed by atoms with Crippen molar-refractivity contribution in [2.75, 3.05) is 18.5 Å². The molecule has 0 bridgehead atoms. The highest BCUT2D eigenvalue weighted by molar-refractivity contribution is 5.85. The Balaban J connectivity index is 2.76. The van der Waals surface area contributed by atoms with Crippen molar-refractivity contribution in [1.29, 1.82) is 0 Å². The van der Waals surface area contributed by atoms with Crippen molar-refractivity contribution >= 4 is 17.9 Å². The van der Waals surface area contributed by atoms with E-state index in [0.717, 1.165) is 17.5 Å². The molecule has 0 saturated heterocycles. The zero-order valence-corrected chi connectivity index (χ0v) is 8.92. The first-order valence-corrected chi connectivity index (χ1v) is 4.65. The molecule has 0 fully saturated rings. The van der Waals surface area contributed by atoms with Crippen LogP contribution < -0.4 is 4.90 Å². The van der Waals surface area contributed by atoms with Crippen LogP contribution in [0.4, 0.5) is 5.82 Å². The molecule has 0 aliphatic rings. The molecule has 0 unspecified atom stereocenters. The molecule has 1 rings (SSSR count). The summed E-state index contributed by atoms with van der Waals surface area (Å²) < 4.78 is 0. The summed E-state index contributed by atoms with van der Waals surface area (Å²) in [7, 11) is 1.84. The van der Waals surface area contributed by atoms with Crippen LogP contribution in [0.1, 0.15) is 5.56 Å². The van der Waals surface area contributed by atoms with Gasteiger partial charge in [0, 0.05) is 19.3 Å². The van der Waals surface area contributed by atoms with E-state index in [4.69, 9.17) is 11.5 Å². The first kappa shape index (κ1) is 11.8. The Bertz CT molecular complexity index is 429. The summed E-state index contributed by atoms with van der Waals surface area (Å²) in [6.45, 7) is 0.483. The number of aromatic nitrogens is 1. The monoisotopic (exact) mass is 216 g/mol. The first-order valence-electron chi connectivity index (χ1n) is 4.65. The minimum Gasteiger partial charge on any atom is -0.478 e. The molecule has 0 amide bonds. The molecule has 4 heteroatoms. The van der Waals surface area contributed by atoms with Crippen LogP contribution in [0.15, 0.2) is 24.4 Å². The number of nitrogens with zero attached hydrogens (tertiary/aromatic N) is 2. The Morgan fingerprint density at radius 1 is 1.69 bits per heavy atom. The number of pyridine rings is 1. The molecule has 1 heterocycles. The van der Waals surface area contributed by atoms with E-state index in [9.17, 15) is 4.79 Å². The van der Waals surface area contributed by atoms with Crippen LogP contribution in [0.25, 0.3) is 6.08 Å². The van der Waals surface area contributed by atoms with Gasteiger partial charge in [-0.2, -0.15) is 0 Å². The maximum atomic E-state index is 10.3. The number of rotatable bonds is 4. The van der Waals surface area contributed by atoms with E-state index in [1.54, 1.807) is 18.3 Å². The van der Waals surface area contributed by atoms with Gasteiger partial charge in [-0.3, -0.25) is 0 Å². The van der Waals surface area contributed by atoms with Gasteiger partial charge in [-0.05, 0) is 23.8 Å². The molecule has 0 aliphatic carbocycles. The zero-order chi connectivity index (χ0) is 12.0. The summed E-state index contributed by atoms with van der Waals surface area (Å²) in [6, 6.07) is 3.58. The van der Waals surface area contributed by atoms with E-state index in [1.807, 2.05) is 11.9 Å². The van der Waals surface area contributed by atoms with Gasteiger partial charge >= 0.3 is 5.97 Å². The molecule has 1 aromatic heterocycles. The lowest BCUT2D eigenvalue weighted by molar-refractivity contribution is -0.131. The van der Waals surface area contributed by atoms with E-state index < -0.39 is 5.97 Å². The maximum absolute atomic E-state index is 10.3. The third kappa shape index (κ3) is 3.46. The van der Waals surface area contributed by atoms with Gasteiger partial charge < -0.3 is 10.0 Å². The average Bonchev–Trinajstić information content (AvgIpc) is 2.27. The molecule has 4 nitrogen and oxygen atoms in total. The van der Waals surface area contributed by atoms with Crippen molar-refractivity contribution in [3.8, 4) is 12.3 Å². The Kier molecular flexibility index (Phi) is 4.10. The topological polar surface area (TPSA) is 53.4 Å². The minimum absolute atomic E-state index is 0.483. The molecule has 1 N–H and O–H groups in total. The van der Waals surface area contributed by atoms with E-state index in [-0.39, 0.29) is 0 Å². The van der Waals surface area contributed by atoms with Crippen LogP contribution in [-0.2, 0) is 4.79 Å².